The van der Waals surface area contributed by atoms with Gasteiger partial charge in [0, 0.05) is 24.2 Å². The summed E-state index contributed by atoms with van der Waals surface area (Å²) in [6.45, 7) is 0.253. The van der Waals surface area contributed by atoms with E-state index in [9.17, 15) is 19.7 Å². The summed E-state index contributed by atoms with van der Waals surface area (Å²) in [7, 11) is 0. The highest BCUT2D eigenvalue weighted by Gasteiger charge is 2.29. The maximum Gasteiger partial charge on any atom is 0.271 e. The zero-order valence-corrected chi connectivity index (χ0v) is 11.8. The zero-order chi connectivity index (χ0) is 16.4. The lowest BCUT2D eigenvalue weighted by atomic mass is 10.0. The fraction of sp³-hybridized carbons (Fsp3) is 0.231. The molecule has 0 spiro atoms. The lowest BCUT2D eigenvalue weighted by Crippen LogP contribution is -2.36. The maximum absolute atomic E-state index is 12.1. The summed E-state index contributed by atoms with van der Waals surface area (Å²) >= 11 is 0. The standard InChI is InChI=1S/C13H12N6O4/c20-11(16-9-2-1-3-10(5-9)19(22)23)4-8-6-18-13(14-7-15-18)17-12(8)21/h1-3,5,7-8H,4,6H2,(H,16,20)(H,14,15,17,21)/t8-/m1/s1. The molecule has 10 heteroatoms. The summed E-state index contributed by atoms with van der Waals surface area (Å²) in [4.78, 5) is 38.0. The molecule has 0 bridgehead atoms. The average Bonchev–Trinajstić information content (AvgIpc) is 2.94. The van der Waals surface area contributed by atoms with Crippen molar-refractivity contribution in [2.45, 2.75) is 13.0 Å². The molecule has 1 aliphatic heterocycles. The number of nitro benzene ring substituents is 1. The summed E-state index contributed by atoms with van der Waals surface area (Å²) in [5.41, 5.74) is 0.187. The Bertz CT molecular complexity index is 786. The molecule has 0 aliphatic carbocycles. The Balaban J connectivity index is 1.65. The van der Waals surface area contributed by atoms with Crippen molar-refractivity contribution in [2.24, 2.45) is 5.92 Å². The molecule has 1 atom stereocenters. The molecule has 2 amide bonds. The van der Waals surface area contributed by atoms with E-state index in [1.54, 1.807) is 6.07 Å². The number of nitrogens with zero attached hydrogens (tertiary/aromatic N) is 4. The van der Waals surface area contributed by atoms with Crippen LogP contribution in [0.25, 0.3) is 0 Å². The Hall–Kier alpha value is -3.30. The third-order valence-electron chi connectivity index (χ3n) is 3.39. The Morgan fingerprint density at radius 3 is 3.13 bits per heavy atom. The van der Waals surface area contributed by atoms with Gasteiger partial charge in [-0.25, -0.2) is 4.68 Å². The first-order valence-corrected chi connectivity index (χ1v) is 6.76. The topological polar surface area (TPSA) is 132 Å². The van der Waals surface area contributed by atoms with Crippen molar-refractivity contribution >= 4 is 29.1 Å². The molecule has 2 aromatic rings. The van der Waals surface area contributed by atoms with E-state index in [4.69, 9.17) is 0 Å². The Morgan fingerprint density at radius 2 is 2.35 bits per heavy atom. The van der Waals surface area contributed by atoms with E-state index in [2.05, 4.69) is 20.7 Å². The van der Waals surface area contributed by atoms with Gasteiger partial charge in [-0.15, -0.1) is 0 Å². The van der Waals surface area contributed by atoms with E-state index in [1.165, 1.54) is 29.2 Å². The van der Waals surface area contributed by atoms with Crippen molar-refractivity contribution in [2.75, 3.05) is 10.6 Å². The fourth-order valence-corrected chi connectivity index (χ4v) is 2.29. The summed E-state index contributed by atoms with van der Waals surface area (Å²) in [5, 5.41) is 19.8. The molecule has 0 saturated heterocycles. The van der Waals surface area contributed by atoms with Gasteiger partial charge >= 0.3 is 0 Å². The number of non-ortho nitro benzene ring substituents is 1. The number of fused-ring (bicyclic) bond motifs is 1. The molecule has 3 rings (SSSR count). The van der Waals surface area contributed by atoms with E-state index in [1.807, 2.05) is 0 Å². The van der Waals surface area contributed by atoms with Crippen LogP contribution >= 0.6 is 0 Å². The molecule has 10 nitrogen and oxygen atoms in total. The van der Waals surface area contributed by atoms with Crippen LogP contribution in [0.15, 0.2) is 30.6 Å². The second kappa shape index (κ2) is 5.83. The number of nitrogens with one attached hydrogen (secondary N) is 2. The van der Waals surface area contributed by atoms with E-state index < -0.39 is 16.7 Å². The van der Waals surface area contributed by atoms with Gasteiger partial charge in [0.2, 0.25) is 17.8 Å². The van der Waals surface area contributed by atoms with Crippen LogP contribution in [0, 0.1) is 16.0 Å². The number of rotatable bonds is 4. The molecule has 2 N–H and O–H groups in total. The Labute approximate surface area is 129 Å². The maximum atomic E-state index is 12.1. The van der Waals surface area contributed by atoms with Crippen LogP contribution in [0.5, 0.6) is 0 Å². The Kier molecular flexibility index (Phi) is 3.71. The minimum atomic E-state index is -0.581. The molecule has 2 heterocycles. The van der Waals surface area contributed by atoms with Crippen LogP contribution in [0.3, 0.4) is 0 Å². The predicted octanol–water partition coefficient (Wildman–Crippen LogP) is 0.783. The monoisotopic (exact) mass is 316 g/mol. The van der Waals surface area contributed by atoms with Crippen LogP contribution in [0.1, 0.15) is 6.42 Å². The highest BCUT2D eigenvalue weighted by atomic mass is 16.6. The van der Waals surface area contributed by atoms with Crippen LogP contribution in [-0.2, 0) is 16.1 Å². The SMILES string of the molecule is O=C(C[C@@H]1Cn2ncnc2NC1=O)Nc1cccc([N+](=O)[O-])c1. The first-order chi connectivity index (χ1) is 11.0. The van der Waals surface area contributed by atoms with E-state index in [-0.39, 0.29) is 24.6 Å². The van der Waals surface area contributed by atoms with Gasteiger partial charge in [0.15, 0.2) is 0 Å². The van der Waals surface area contributed by atoms with Crippen LogP contribution in [0.4, 0.5) is 17.3 Å². The molecule has 0 radical (unpaired) electrons. The number of nitro groups is 1. The van der Waals surface area contributed by atoms with Crippen molar-refractivity contribution in [3.8, 4) is 0 Å². The molecule has 118 valence electrons. The summed E-state index contributed by atoms with van der Waals surface area (Å²) in [6.07, 6.45) is 1.26. The zero-order valence-electron chi connectivity index (χ0n) is 11.8. The number of aromatic nitrogens is 3. The van der Waals surface area contributed by atoms with E-state index in [0.29, 0.717) is 11.6 Å². The third-order valence-corrected chi connectivity index (χ3v) is 3.39. The second-order valence-corrected chi connectivity index (χ2v) is 5.01. The third kappa shape index (κ3) is 3.15. The molecule has 23 heavy (non-hydrogen) atoms. The van der Waals surface area contributed by atoms with Crippen molar-refractivity contribution in [1.82, 2.24) is 14.8 Å². The first kappa shape index (κ1) is 14.6. The molecular weight excluding hydrogens is 304 g/mol. The van der Waals surface area contributed by atoms with Gasteiger partial charge in [0.25, 0.3) is 5.69 Å². The highest BCUT2D eigenvalue weighted by Crippen LogP contribution is 2.20. The van der Waals surface area contributed by atoms with Crippen molar-refractivity contribution in [1.29, 1.82) is 0 Å². The molecule has 1 aliphatic rings. The smallest absolute Gasteiger partial charge is 0.271 e. The molecule has 0 unspecified atom stereocenters. The van der Waals surface area contributed by atoms with Crippen LogP contribution < -0.4 is 10.6 Å². The van der Waals surface area contributed by atoms with Gasteiger partial charge in [0.1, 0.15) is 6.33 Å². The fourth-order valence-electron chi connectivity index (χ4n) is 2.29. The van der Waals surface area contributed by atoms with Gasteiger partial charge in [-0.2, -0.15) is 10.1 Å². The van der Waals surface area contributed by atoms with Gasteiger partial charge in [-0.3, -0.25) is 25.0 Å². The largest absolute Gasteiger partial charge is 0.326 e. The van der Waals surface area contributed by atoms with Crippen molar-refractivity contribution < 1.29 is 14.5 Å². The lowest BCUT2D eigenvalue weighted by molar-refractivity contribution is -0.384. The molecule has 0 fully saturated rings. The van der Waals surface area contributed by atoms with E-state index in [0.717, 1.165) is 0 Å². The second-order valence-electron chi connectivity index (χ2n) is 5.01. The minimum Gasteiger partial charge on any atom is -0.326 e. The number of benzene rings is 1. The van der Waals surface area contributed by atoms with Gasteiger partial charge in [0.05, 0.1) is 17.4 Å². The van der Waals surface area contributed by atoms with Gasteiger partial charge < -0.3 is 5.32 Å². The minimum absolute atomic E-state index is 0.0617. The Morgan fingerprint density at radius 1 is 1.52 bits per heavy atom. The summed E-state index contributed by atoms with van der Waals surface area (Å²) in [6, 6.07) is 5.61. The number of anilines is 2. The van der Waals surface area contributed by atoms with Crippen LogP contribution in [0.2, 0.25) is 0 Å². The summed E-state index contributed by atoms with van der Waals surface area (Å²) < 4.78 is 1.51. The normalized spacial score (nSPS) is 16.3. The van der Waals surface area contributed by atoms with Gasteiger partial charge in [-0.1, -0.05) is 6.07 Å². The number of hydrogen-bond donors (Lipinski definition) is 2. The number of hydrogen-bond acceptors (Lipinski definition) is 6. The molecule has 1 aromatic carbocycles. The van der Waals surface area contributed by atoms with Crippen molar-refractivity contribution in [3.63, 3.8) is 0 Å². The number of carbonyl (C=O) groups excluding carboxylic acids is 2. The molecular formula is C13H12N6O4. The number of amides is 2. The molecule has 0 saturated carbocycles. The van der Waals surface area contributed by atoms with Gasteiger partial charge in [-0.05, 0) is 6.07 Å². The predicted molar refractivity (Wildman–Crippen MR) is 78.5 cm³/mol. The molecule has 1 aromatic heterocycles. The van der Waals surface area contributed by atoms with Crippen LogP contribution in [-0.4, -0.2) is 31.5 Å². The quantitative estimate of drug-likeness (QED) is 0.633. The first-order valence-electron chi connectivity index (χ1n) is 6.76. The average molecular weight is 316 g/mol. The van der Waals surface area contributed by atoms with E-state index >= 15 is 0 Å². The number of carbonyl (C=O) groups is 2. The lowest BCUT2D eigenvalue weighted by Gasteiger charge is -2.21. The summed E-state index contributed by atoms with van der Waals surface area (Å²) in [5.74, 6) is -0.942. The highest BCUT2D eigenvalue weighted by molar-refractivity contribution is 5.98. The van der Waals surface area contributed by atoms with Crippen molar-refractivity contribution in [3.05, 3.63) is 40.7 Å².